The van der Waals surface area contributed by atoms with Gasteiger partial charge in [-0.15, -0.1) is 0 Å². The Balaban J connectivity index is 1.16. The van der Waals surface area contributed by atoms with E-state index in [4.69, 9.17) is 23.8 Å². The normalized spacial score (nSPS) is 11.8. The van der Waals surface area contributed by atoms with Gasteiger partial charge in [-0.3, -0.25) is 0 Å². The first kappa shape index (κ1) is 26.6. The zero-order chi connectivity index (χ0) is 31.6. The quantitative estimate of drug-likeness (QED) is 0.197. The Bertz CT molecular complexity index is 2850. The minimum atomic E-state index is 0.579. The van der Waals surface area contributed by atoms with Crippen LogP contribution in [0.1, 0.15) is 0 Å². The highest BCUT2D eigenvalue weighted by molar-refractivity contribution is 6.13. The number of benzene rings is 7. The summed E-state index contributed by atoms with van der Waals surface area (Å²) in [5, 5.41) is 6.64. The summed E-state index contributed by atoms with van der Waals surface area (Å²) < 4.78 is 12.6. The zero-order valence-electron chi connectivity index (χ0n) is 25.6. The van der Waals surface area contributed by atoms with Crippen LogP contribution >= 0.6 is 0 Å². The summed E-state index contributed by atoms with van der Waals surface area (Å²) >= 11 is 0. The molecule has 3 heterocycles. The minimum Gasteiger partial charge on any atom is -0.456 e. The lowest BCUT2D eigenvalue weighted by molar-refractivity contribution is 0.668. The molecule has 5 heteroatoms. The Kier molecular flexibility index (Phi) is 5.81. The molecule has 0 radical (unpaired) electrons. The summed E-state index contributed by atoms with van der Waals surface area (Å²) in [7, 11) is 0. The Labute approximate surface area is 274 Å². The third kappa shape index (κ3) is 4.29. The fourth-order valence-corrected chi connectivity index (χ4v) is 6.78. The smallest absolute Gasteiger partial charge is 0.164 e. The van der Waals surface area contributed by atoms with Gasteiger partial charge in [0.25, 0.3) is 0 Å². The summed E-state index contributed by atoms with van der Waals surface area (Å²) in [6.07, 6.45) is 0. The molecule has 0 saturated carbocycles. The van der Waals surface area contributed by atoms with Crippen molar-refractivity contribution < 1.29 is 8.83 Å². The van der Waals surface area contributed by atoms with Crippen LogP contribution in [0.5, 0.6) is 0 Å². The van der Waals surface area contributed by atoms with Crippen LogP contribution in [-0.4, -0.2) is 15.0 Å². The van der Waals surface area contributed by atoms with Gasteiger partial charge in [0.2, 0.25) is 0 Å². The van der Waals surface area contributed by atoms with Gasteiger partial charge in [-0.25, -0.2) is 15.0 Å². The van der Waals surface area contributed by atoms with Crippen LogP contribution in [-0.2, 0) is 0 Å². The first-order valence-electron chi connectivity index (χ1n) is 15.9. The number of hydrogen-bond donors (Lipinski definition) is 0. The first-order chi connectivity index (χ1) is 23.7. The van der Waals surface area contributed by atoms with E-state index in [0.29, 0.717) is 17.5 Å². The number of rotatable bonds is 4. The Hall–Kier alpha value is -6.59. The standard InChI is InChI=1S/C43H25N3O2/c1-2-10-27(11-3-1)41-44-42(46-43(45-41)31-19-21-34-33-13-6-7-15-36(33)48-39(34)25-31)30-20-22-37-35(24-30)40-32(14-8-16-38(40)47-37)29-18-17-26-9-4-5-12-28(26)23-29/h1-25H. The summed E-state index contributed by atoms with van der Waals surface area (Å²) in [6.45, 7) is 0. The van der Waals surface area contributed by atoms with E-state index in [0.717, 1.165) is 71.7 Å². The number of hydrogen-bond acceptors (Lipinski definition) is 5. The summed E-state index contributed by atoms with van der Waals surface area (Å²) in [6, 6.07) is 51.8. The van der Waals surface area contributed by atoms with Gasteiger partial charge in [0.15, 0.2) is 17.5 Å². The number of nitrogens with zero attached hydrogens (tertiary/aromatic N) is 3. The molecule has 3 aromatic heterocycles. The van der Waals surface area contributed by atoms with Crippen LogP contribution in [0.2, 0.25) is 0 Å². The van der Waals surface area contributed by atoms with Gasteiger partial charge in [-0.2, -0.15) is 0 Å². The second kappa shape index (κ2) is 10.5. The van der Waals surface area contributed by atoms with Crippen molar-refractivity contribution in [1.29, 1.82) is 0 Å². The fourth-order valence-electron chi connectivity index (χ4n) is 6.78. The molecule has 0 fully saturated rings. The average molecular weight is 616 g/mol. The van der Waals surface area contributed by atoms with Crippen LogP contribution in [0.25, 0.3) is 99.9 Å². The van der Waals surface area contributed by atoms with Gasteiger partial charge in [-0.1, -0.05) is 103 Å². The van der Waals surface area contributed by atoms with E-state index in [1.54, 1.807) is 0 Å². The second-order valence-corrected chi connectivity index (χ2v) is 12.0. The topological polar surface area (TPSA) is 65.0 Å². The molecule has 5 nitrogen and oxygen atoms in total. The number of para-hydroxylation sites is 1. The minimum absolute atomic E-state index is 0.579. The average Bonchev–Trinajstić information content (AvgIpc) is 3.72. The molecule has 10 aromatic rings. The largest absolute Gasteiger partial charge is 0.456 e. The Morgan fingerprint density at radius 2 is 0.958 bits per heavy atom. The highest BCUT2D eigenvalue weighted by Crippen LogP contribution is 2.39. The lowest BCUT2D eigenvalue weighted by Gasteiger charge is -2.09. The third-order valence-electron chi connectivity index (χ3n) is 9.12. The van der Waals surface area contributed by atoms with E-state index in [9.17, 15) is 0 Å². The molecule has 224 valence electrons. The SMILES string of the molecule is c1ccc(-c2nc(-c3ccc4c(c3)oc3ccccc34)nc(-c3ccc4oc5cccc(-c6ccc7ccccc7c6)c5c4c3)n2)cc1. The van der Waals surface area contributed by atoms with Crippen LogP contribution in [0.4, 0.5) is 0 Å². The summed E-state index contributed by atoms with van der Waals surface area (Å²) in [4.78, 5) is 15.0. The van der Waals surface area contributed by atoms with Crippen LogP contribution in [0.3, 0.4) is 0 Å². The van der Waals surface area contributed by atoms with Crippen LogP contribution < -0.4 is 0 Å². The van der Waals surface area contributed by atoms with Crippen molar-refractivity contribution in [2.24, 2.45) is 0 Å². The van der Waals surface area contributed by atoms with Gasteiger partial charge in [0.1, 0.15) is 22.3 Å². The second-order valence-electron chi connectivity index (χ2n) is 12.0. The van der Waals surface area contributed by atoms with Gasteiger partial charge in [0, 0.05) is 38.2 Å². The van der Waals surface area contributed by atoms with Gasteiger partial charge >= 0.3 is 0 Å². The highest BCUT2D eigenvalue weighted by Gasteiger charge is 2.18. The van der Waals surface area contributed by atoms with Crippen LogP contribution in [0, 0.1) is 0 Å². The van der Waals surface area contributed by atoms with Gasteiger partial charge < -0.3 is 8.83 Å². The molecule has 0 saturated heterocycles. The molecule has 0 N–H and O–H groups in total. The van der Waals surface area contributed by atoms with Crippen molar-refractivity contribution >= 4 is 54.6 Å². The van der Waals surface area contributed by atoms with E-state index >= 15 is 0 Å². The van der Waals surface area contributed by atoms with Crippen molar-refractivity contribution in [2.45, 2.75) is 0 Å². The molecule has 7 aromatic carbocycles. The van der Waals surface area contributed by atoms with Gasteiger partial charge in [-0.05, 0) is 70.4 Å². The summed E-state index contributed by atoms with van der Waals surface area (Å²) in [5.74, 6) is 1.77. The molecule has 10 rings (SSSR count). The Morgan fingerprint density at radius 3 is 1.83 bits per heavy atom. The Morgan fingerprint density at radius 1 is 0.333 bits per heavy atom. The molecule has 0 unspecified atom stereocenters. The molecule has 0 aliphatic carbocycles. The lowest BCUT2D eigenvalue weighted by Crippen LogP contribution is -2.00. The molecule has 0 atom stereocenters. The molecular weight excluding hydrogens is 590 g/mol. The molecule has 48 heavy (non-hydrogen) atoms. The van der Waals surface area contributed by atoms with E-state index in [1.165, 1.54) is 10.8 Å². The van der Waals surface area contributed by atoms with Crippen molar-refractivity contribution in [2.75, 3.05) is 0 Å². The molecule has 0 amide bonds. The van der Waals surface area contributed by atoms with Gasteiger partial charge in [0.05, 0.1) is 0 Å². The predicted octanol–water partition coefficient (Wildman–Crippen LogP) is 11.5. The highest BCUT2D eigenvalue weighted by atomic mass is 16.3. The number of furan rings is 2. The molecule has 0 bridgehead atoms. The van der Waals surface area contributed by atoms with E-state index in [1.807, 2.05) is 72.8 Å². The number of fused-ring (bicyclic) bond motifs is 7. The van der Waals surface area contributed by atoms with Crippen molar-refractivity contribution in [3.05, 3.63) is 152 Å². The lowest BCUT2D eigenvalue weighted by atomic mass is 9.96. The number of aromatic nitrogens is 3. The maximum Gasteiger partial charge on any atom is 0.164 e. The first-order valence-corrected chi connectivity index (χ1v) is 15.9. The van der Waals surface area contributed by atoms with Crippen molar-refractivity contribution in [3.63, 3.8) is 0 Å². The van der Waals surface area contributed by atoms with Crippen molar-refractivity contribution in [1.82, 2.24) is 15.0 Å². The monoisotopic (exact) mass is 615 g/mol. The zero-order valence-corrected chi connectivity index (χ0v) is 25.6. The third-order valence-corrected chi connectivity index (χ3v) is 9.12. The van der Waals surface area contributed by atoms with E-state index < -0.39 is 0 Å². The van der Waals surface area contributed by atoms with Crippen molar-refractivity contribution in [3.8, 4) is 45.3 Å². The van der Waals surface area contributed by atoms with E-state index in [-0.39, 0.29) is 0 Å². The maximum atomic E-state index is 6.38. The molecule has 0 spiro atoms. The predicted molar refractivity (Wildman–Crippen MR) is 194 cm³/mol. The molecule has 0 aliphatic heterocycles. The molecular formula is C43H25N3O2. The van der Waals surface area contributed by atoms with Crippen LogP contribution in [0.15, 0.2) is 160 Å². The summed E-state index contributed by atoms with van der Waals surface area (Å²) in [5.41, 5.74) is 8.22. The van der Waals surface area contributed by atoms with E-state index in [2.05, 4.69) is 78.9 Å². The fraction of sp³-hybridized carbons (Fsp3) is 0. The maximum absolute atomic E-state index is 6.38. The molecule has 0 aliphatic rings.